The van der Waals surface area contributed by atoms with Crippen molar-refractivity contribution in [2.45, 2.75) is 24.5 Å². The van der Waals surface area contributed by atoms with Gasteiger partial charge in [-0.05, 0) is 42.9 Å². The fraction of sp³-hybridized carbons (Fsp3) is 0.400. The fourth-order valence-corrected chi connectivity index (χ4v) is 2.65. The first-order valence-corrected chi connectivity index (χ1v) is 5.79. The van der Waals surface area contributed by atoms with Crippen molar-refractivity contribution in [3.05, 3.63) is 28.8 Å². The minimum Gasteiger partial charge on any atom is -0.174 e. The lowest BCUT2D eigenvalue weighted by Gasteiger charge is -2.09. The highest BCUT2D eigenvalue weighted by Crippen LogP contribution is 2.26. The normalized spacial score (nSPS) is 10.3. The van der Waals surface area contributed by atoms with E-state index < -0.39 is 0 Å². The molecule has 0 amide bonds. The molecular weight excluding hydrogens is 184 g/mol. The Morgan fingerprint density at radius 1 is 1.33 bits per heavy atom. The Balaban J connectivity index is 3.24. The highest BCUT2D eigenvalue weighted by atomic mass is 32.2. The Kier molecular flexibility index (Phi) is 3.53. The maximum atomic E-state index is 4.32. The van der Waals surface area contributed by atoms with Gasteiger partial charge in [-0.1, -0.05) is 6.07 Å². The summed E-state index contributed by atoms with van der Waals surface area (Å²) >= 11 is 6.12. The van der Waals surface area contributed by atoms with Crippen molar-refractivity contribution >= 4 is 24.4 Å². The summed E-state index contributed by atoms with van der Waals surface area (Å²) < 4.78 is 0. The van der Waals surface area contributed by atoms with Gasteiger partial charge in [0.05, 0.1) is 0 Å². The molecule has 0 atom stereocenters. The summed E-state index contributed by atoms with van der Waals surface area (Å²) in [5, 5.41) is 0. The van der Waals surface area contributed by atoms with Crippen molar-refractivity contribution < 1.29 is 0 Å². The molecule has 1 aromatic carbocycles. The first kappa shape index (κ1) is 10.0. The monoisotopic (exact) mass is 198 g/mol. The average molecular weight is 198 g/mol. The van der Waals surface area contributed by atoms with E-state index in [0.717, 1.165) is 5.75 Å². The van der Waals surface area contributed by atoms with Crippen molar-refractivity contribution in [2.75, 3.05) is 6.26 Å². The molecule has 0 spiro atoms. The van der Waals surface area contributed by atoms with Crippen molar-refractivity contribution in [3.8, 4) is 0 Å². The quantitative estimate of drug-likeness (QED) is 0.561. The third kappa shape index (κ3) is 1.99. The van der Waals surface area contributed by atoms with Crippen LogP contribution in [0.2, 0.25) is 0 Å². The molecule has 0 N–H and O–H groups in total. The first-order chi connectivity index (χ1) is 5.69. The number of aryl methyl sites for hydroxylation is 2. The number of rotatable bonds is 2. The van der Waals surface area contributed by atoms with Gasteiger partial charge in [-0.15, -0.1) is 11.8 Å². The average Bonchev–Trinajstić information content (AvgIpc) is 2.03. The fourth-order valence-electron chi connectivity index (χ4n) is 1.34. The molecule has 0 aliphatic rings. The summed E-state index contributed by atoms with van der Waals surface area (Å²) in [5.41, 5.74) is 4.06. The Morgan fingerprint density at radius 3 is 2.50 bits per heavy atom. The van der Waals surface area contributed by atoms with E-state index >= 15 is 0 Å². The summed E-state index contributed by atoms with van der Waals surface area (Å²) in [5.74, 6) is 0.836. The lowest BCUT2D eigenvalue weighted by Crippen LogP contribution is -1.90. The van der Waals surface area contributed by atoms with Crippen molar-refractivity contribution in [3.63, 3.8) is 0 Å². The molecule has 0 unspecified atom stereocenters. The lowest BCUT2D eigenvalue weighted by atomic mass is 10.1. The molecule has 2 heteroatoms. The van der Waals surface area contributed by atoms with Crippen molar-refractivity contribution in [1.29, 1.82) is 0 Å². The topological polar surface area (TPSA) is 0 Å². The maximum Gasteiger partial charge on any atom is 0.0168 e. The maximum absolute atomic E-state index is 4.32. The number of thiol groups is 1. The highest BCUT2D eigenvalue weighted by Gasteiger charge is 2.03. The molecule has 66 valence electrons. The van der Waals surface area contributed by atoms with E-state index in [1.54, 1.807) is 11.8 Å². The lowest BCUT2D eigenvalue weighted by molar-refractivity contribution is 1.18. The minimum absolute atomic E-state index is 0.836. The predicted molar refractivity (Wildman–Crippen MR) is 60.4 cm³/mol. The molecule has 0 aromatic heterocycles. The van der Waals surface area contributed by atoms with E-state index in [1.165, 1.54) is 21.6 Å². The van der Waals surface area contributed by atoms with Gasteiger partial charge in [0.1, 0.15) is 0 Å². The molecule has 0 nitrogen and oxygen atoms in total. The molecule has 0 heterocycles. The van der Waals surface area contributed by atoms with Gasteiger partial charge < -0.3 is 0 Å². The molecule has 0 bridgehead atoms. The molecule has 0 radical (unpaired) electrons. The molecule has 1 rings (SSSR count). The van der Waals surface area contributed by atoms with Crippen LogP contribution in [0.15, 0.2) is 17.0 Å². The van der Waals surface area contributed by atoms with E-state index in [4.69, 9.17) is 0 Å². The van der Waals surface area contributed by atoms with Gasteiger partial charge in [0.15, 0.2) is 0 Å². The Bertz CT molecular complexity index is 279. The summed E-state index contributed by atoms with van der Waals surface area (Å²) in [6.45, 7) is 4.29. The predicted octanol–water partition coefficient (Wildman–Crippen LogP) is 3.46. The van der Waals surface area contributed by atoms with Crippen LogP contribution in [0.3, 0.4) is 0 Å². The molecule has 0 saturated carbocycles. The Morgan fingerprint density at radius 2 is 2.00 bits per heavy atom. The van der Waals surface area contributed by atoms with Gasteiger partial charge in [0.25, 0.3) is 0 Å². The molecule has 12 heavy (non-hydrogen) atoms. The third-order valence-electron chi connectivity index (χ3n) is 1.95. The standard InChI is InChI=1S/C10H14S2/c1-7-4-8(2)9(6-11)10(5-7)12-3/h4-5,11H,6H2,1-3H3. The summed E-state index contributed by atoms with van der Waals surface area (Å²) in [6, 6.07) is 4.44. The second-order valence-corrected chi connectivity index (χ2v) is 4.09. The smallest absolute Gasteiger partial charge is 0.0168 e. The molecule has 0 saturated heterocycles. The van der Waals surface area contributed by atoms with Crippen LogP contribution in [0.25, 0.3) is 0 Å². The third-order valence-corrected chi connectivity index (χ3v) is 3.07. The van der Waals surface area contributed by atoms with Gasteiger partial charge in [0.2, 0.25) is 0 Å². The van der Waals surface area contributed by atoms with E-state index in [0.29, 0.717) is 0 Å². The zero-order valence-corrected chi connectivity index (χ0v) is 9.43. The highest BCUT2D eigenvalue weighted by molar-refractivity contribution is 7.98. The van der Waals surface area contributed by atoms with Gasteiger partial charge >= 0.3 is 0 Å². The molecular formula is C10H14S2. The van der Waals surface area contributed by atoms with Gasteiger partial charge in [-0.3, -0.25) is 0 Å². The summed E-state index contributed by atoms with van der Waals surface area (Å²) in [4.78, 5) is 1.36. The van der Waals surface area contributed by atoms with E-state index in [2.05, 4.69) is 44.9 Å². The van der Waals surface area contributed by atoms with E-state index in [-0.39, 0.29) is 0 Å². The number of hydrogen-bond donors (Lipinski definition) is 1. The number of hydrogen-bond acceptors (Lipinski definition) is 2. The molecule has 1 aromatic rings. The van der Waals surface area contributed by atoms with Gasteiger partial charge in [-0.2, -0.15) is 12.6 Å². The van der Waals surface area contributed by atoms with Crippen LogP contribution in [-0.4, -0.2) is 6.26 Å². The van der Waals surface area contributed by atoms with Crippen LogP contribution in [0.4, 0.5) is 0 Å². The van der Waals surface area contributed by atoms with Gasteiger partial charge in [-0.25, -0.2) is 0 Å². The SMILES string of the molecule is CSc1cc(C)cc(C)c1CS. The van der Waals surface area contributed by atoms with E-state index in [9.17, 15) is 0 Å². The van der Waals surface area contributed by atoms with Crippen LogP contribution in [-0.2, 0) is 5.75 Å². The Hall–Kier alpha value is -0.0800. The molecule has 0 aliphatic carbocycles. The second kappa shape index (κ2) is 4.24. The summed E-state index contributed by atoms with van der Waals surface area (Å²) in [7, 11) is 0. The van der Waals surface area contributed by atoms with E-state index in [1.807, 2.05) is 0 Å². The van der Waals surface area contributed by atoms with Gasteiger partial charge in [0, 0.05) is 10.6 Å². The first-order valence-electron chi connectivity index (χ1n) is 3.94. The molecule has 0 fully saturated rings. The van der Waals surface area contributed by atoms with Crippen LogP contribution < -0.4 is 0 Å². The van der Waals surface area contributed by atoms with Crippen molar-refractivity contribution in [1.82, 2.24) is 0 Å². The second-order valence-electron chi connectivity index (χ2n) is 2.92. The van der Waals surface area contributed by atoms with Crippen molar-refractivity contribution in [2.24, 2.45) is 0 Å². The zero-order chi connectivity index (χ0) is 9.14. The zero-order valence-electron chi connectivity index (χ0n) is 7.72. The van der Waals surface area contributed by atoms with Crippen LogP contribution >= 0.6 is 24.4 Å². The Labute approximate surface area is 84.2 Å². The van der Waals surface area contributed by atoms with Crippen LogP contribution in [0, 0.1) is 13.8 Å². The number of thioether (sulfide) groups is 1. The largest absolute Gasteiger partial charge is 0.174 e. The minimum atomic E-state index is 0.836. The summed E-state index contributed by atoms with van der Waals surface area (Å²) in [6.07, 6.45) is 2.11. The molecule has 0 aliphatic heterocycles. The van der Waals surface area contributed by atoms with Crippen LogP contribution in [0.5, 0.6) is 0 Å². The number of benzene rings is 1. The van der Waals surface area contributed by atoms with Crippen LogP contribution in [0.1, 0.15) is 16.7 Å².